The Hall–Kier alpha value is 1.92. The molecule has 224 valence electrons. The predicted molar refractivity (Wildman–Crippen MR) is 160 cm³/mol. The molecule has 0 rings (SSSR count). The van der Waals surface area contributed by atoms with Gasteiger partial charge in [0.25, 0.3) is 7.82 Å². The zero-order valence-electron chi connectivity index (χ0n) is 26.3. The number of hydrogen-bond acceptors (Lipinski definition) is 4. The maximum absolute atomic E-state index is 11.9. The largest absolute Gasteiger partial charge is 1.00 e. The first kappa shape index (κ1) is 42.0. The van der Waals surface area contributed by atoms with Crippen molar-refractivity contribution in [1.29, 1.82) is 0 Å². The van der Waals surface area contributed by atoms with Crippen molar-refractivity contribution in [2.45, 2.75) is 194 Å². The van der Waals surface area contributed by atoms with Crippen LogP contribution in [0.4, 0.5) is 0 Å². The molecule has 0 spiro atoms. The van der Waals surface area contributed by atoms with Crippen LogP contribution in [0, 0.1) is 0 Å². The molecule has 0 aromatic heterocycles. The van der Waals surface area contributed by atoms with Crippen molar-refractivity contribution in [2.75, 3.05) is 13.2 Å². The molecule has 4 nitrogen and oxygen atoms in total. The molecule has 0 aromatic rings. The molecule has 0 radical (unpaired) electrons. The summed E-state index contributed by atoms with van der Waals surface area (Å²) in [5.41, 5.74) is 0. The maximum atomic E-state index is 11.9. The summed E-state index contributed by atoms with van der Waals surface area (Å²) in [6.07, 6.45) is 36.0. The third-order valence-electron chi connectivity index (χ3n) is 7.49. The third kappa shape index (κ3) is 35.9. The molecule has 38 heavy (non-hydrogen) atoms. The third-order valence-corrected chi connectivity index (χ3v) is 8.49. The van der Waals surface area contributed by atoms with Crippen molar-refractivity contribution >= 4 is 7.82 Å². The summed E-state index contributed by atoms with van der Waals surface area (Å²) < 4.78 is 21.9. The number of rotatable bonds is 32. The van der Waals surface area contributed by atoms with E-state index in [-0.39, 0.29) is 71.4 Å². The number of phosphoric acid groups is 1. The standard InChI is InChI=1S/C32H67O4P.Rb/c1-3-5-7-9-11-13-15-17-19-21-23-25-27-29-31-35-37(33,34)36-32-30-28-26-24-22-20-18-16-14-12-10-8-6-4-2;/h3-32H2,1-2H3,(H,33,34);/q;+1/p-1. The van der Waals surface area contributed by atoms with Gasteiger partial charge in [0.05, 0.1) is 13.2 Å². The fourth-order valence-electron chi connectivity index (χ4n) is 4.98. The van der Waals surface area contributed by atoms with Gasteiger partial charge >= 0.3 is 58.2 Å². The van der Waals surface area contributed by atoms with Crippen LogP contribution in [0.5, 0.6) is 0 Å². The first-order valence-corrected chi connectivity index (χ1v) is 18.2. The number of unbranched alkanes of at least 4 members (excludes halogenated alkanes) is 26. The second kappa shape index (κ2) is 35.1. The minimum absolute atomic E-state index is 0. The van der Waals surface area contributed by atoms with Gasteiger partial charge in [-0.25, -0.2) is 0 Å². The smallest absolute Gasteiger partial charge is 0.756 e. The molecule has 0 amide bonds. The average molecular weight is 631 g/mol. The molecule has 0 fully saturated rings. The Kier molecular flexibility index (Phi) is 38.9. The van der Waals surface area contributed by atoms with E-state index in [1.807, 2.05) is 0 Å². The van der Waals surface area contributed by atoms with Crippen LogP contribution in [0.3, 0.4) is 0 Å². The maximum Gasteiger partial charge on any atom is 1.00 e. The Morgan fingerprint density at radius 2 is 0.579 bits per heavy atom. The normalized spacial score (nSPS) is 11.7. The van der Waals surface area contributed by atoms with E-state index in [0.717, 1.165) is 25.7 Å². The summed E-state index contributed by atoms with van der Waals surface area (Å²) in [6, 6.07) is 0. The summed E-state index contributed by atoms with van der Waals surface area (Å²) in [6.45, 7) is 5.06. The SMILES string of the molecule is CCCCCCCCCCCCCCCCOP(=O)([O-])OCCCCCCCCCCCCCCCC.[Rb+]. The Bertz CT molecular complexity index is 440. The van der Waals surface area contributed by atoms with Crippen LogP contribution < -0.4 is 63.1 Å². The fraction of sp³-hybridized carbons (Fsp3) is 1.00. The van der Waals surface area contributed by atoms with Gasteiger partial charge in [-0.2, -0.15) is 0 Å². The topological polar surface area (TPSA) is 58.6 Å². The van der Waals surface area contributed by atoms with E-state index in [1.54, 1.807) is 0 Å². The summed E-state index contributed by atoms with van der Waals surface area (Å²) >= 11 is 0. The number of hydrogen-bond donors (Lipinski definition) is 0. The number of phosphoric ester groups is 1. The van der Waals surface area contributed by atoms with Gasteiger partial charge in [-0.05, 0) is 12.8 Å². The minimum atomic E-state index is -4.12. The molecule has 0 aliphatic carbocycles. The predicted octanol–water partition coefficient (Wildman–Crippen LogP) is 8.45. The minimum Gasteiger partial charge on any atom is -0.756 e. The fourth-order valence-corrected chi connectivity index (χ4v) is 5.76. The molecule has 6 heteroatoms. The molecule has 0 aromatic carbocycles. The Morgan fingerprint density at radius 3 is 0.789 bits per heavy atom. The van der Waals surface area contributed by atoms with Gasteiger partial charge in [0.15, 0.2) is 0 Å². The first-order chi connectivity index (χ1) is 18.1. The summed E-state index contributed by atoms with van der Waals surface area (Å²) in [5, 5.41) is 0. The molecule has 0 aliphatic heterocycles. The summed E-state index contributed by atoms with van der Waals surface area (Å²) in [4.78, 5) is 11.9. The molecule has 0 bridgehead atoms. The van der Waals surface area contributed by atoms with E-state index in [1.165, 1.54) is 154 Å². The summed E-state index contributed by atoms with van der Waals surface area (Å²) in [5.74, 6) is 0. The van der Waals surface area contributed by atoms with Gasteiger partial charge in [-0.1, -0.05) is 181 Å². The molecule has 0 unspecified atom stereocenters. The molecule has 0 saturated carbocycles. The van der Waals surface area contributed by atoms with E-state index in [0.29, 0.717) is 0 Å². The van der Waals surface area contributed by atoms with E-state index < -0.39 is 7.82 Å². The van der Waals surface area contributed by atoms with Gasteiger partial charge in [0, 0.05) is 0 Å². The van der Waals surface area contributed by atoms with Crippen molar-refractivity contribution in [3.8, 4) is 0 Å². The Balaban J connectivity index is 0. The molecule has 0 N–H and O–H groups in total. The monoisotopic (exact) mass is 630 g/mol. The summed E-state index contributed by atoms with van der Waals surface area (Å²) in [7, 11) is -4.12. The Morgan fingerprint density at radius 1 is 0.395 bits per heavy atom. The van der Waals surface area contributed by atoms with Crippen LogP contribution in [0.2, 0.25) is 0 Å². The second-order valence-corrected chi connectivity index (χ2v) is 12.7. The van der Waals surface area contributed by atoms with Gasteiger partial charge in [0.2, 0.25) is 0 Å². The van der Waals surface area contributed by atoms with Crippen molar-refractivity contribution in [2.24, 2.45) is 0 Å². The van der Waals surface area contributed by atoms with Gasteiger partial charge in [-0.15, -0.1) is 0 Å². The van der Waals surface area contributed by atoms with Crippen molar-refractivity contribution in [3.05, 3.63) is 0 Å². The van der Waals surface area contributed by atoms with E-state index >= 15 is 0 Å². The van der Waals surface area contributed by atoms with Crippen molar-refractivity contribution in [3.63, 3.8) is 0 Å². The zero-order chi connectivity index (χ0) is 27.1. The molecule has 0 heterocycles. The van der Waals surface area contributed by atoms with E-state index in [9.17, 15) is 9.46 Å². The van der Waals surface area contributed by atoms with Crippen LogP contribution >= 0.6 is 7.82 Å². The molecular weight excluding hydrogens is 565 g/mol. The van der Waals surface area contributed by atoms with Crippen LogP contribution in [0.1, 0.15) is 194 Å². The first-order valence-electron chi connectivity index (χ1n) is 16.7. The van der Waals surface area contributed by atoms with E-state index in [4.69, 9.17) is 9.05 Å². The second-order valence-electron chi connectivity index (χ2n) is 11.3. The molecule has 0 atom stereocenters. The van der Waals surface area contributed by atoms with Crippen molar-refractivity contribution in [1.82, 2.24) is 0 Å². The average Bonchev–Trinajstić information content (AvgIpc) is 2.88. The van der Waals surface area contributed by atoms with Gasteiger partial charge in [0.1, 0.15) is 0 Å². The van der Waals surface area contributed by atoms with Gasteiger partial charge in [-0.3, -0.25) is 4.57 Å². The van der Waals surface area contributed by atoms with Crippen molar-refractivity contribution < 1.29 is 76.7 Å². The molecular formula is C32H66O4PRb. The zero-order valence-corrected chi connectivity index (χ0v) is 32.1. The van der Waals surface area contributed by atoms with Crippen LogP contribution in [-0.4, -0.2) is 13.2 Å². The Labute approximate surface area is 288 Å². The van der Waals surface area contributed by atoms with E-state index in [2.05, 4.69) is 13.8 Å². The van der Waals surface area contributed by atoms with Gasteiger partial charge < -0.3 is 13.9 Å². The van der Waals surface area contributed by atoms with Crippen LogP contribution in [0.25, 0.3) is 0 Å². The quantitative estimate of drug-likeness (QED) is 0.0553. The molecule has 0 aliphatic rings. The van der Waals surface area contributed by atoms with Crippen LogP contribution in [-0.2, 0) is 13.6 Å². The van der Waals surface area contributed by atoms with Crippen LogP contribution in [0.15, 0.2) is 0 Å². The molecule has 0 saturated heterocycles.